The van der Waals surface area contributed by atoms with Crippen LogP contribution in [0.2, 0.25) is 0 Å². The number of ether oxygens (including phenoxy) is 1. The van der Waals surface area contributed by atoms with Gasteiger partial charge in [-0.05, 0) is 79.5 Å². The number of urea groups is 1. The van der Waals surface area contributed by atoms with E-state index in [1.54, 1.807) is 12.1 Å². The summed E-state index contributed by atoms with van der Waals surface area (Å²) in [4.78, 5) is 42.0. The van der Waals surface area contributed by atoms with E-state index in [9.17, 15) is 23.9 Å². The lowest BCUT2D eigenvalue weighted by atomic mass is 9.93. The average molecular weight is 695 g/mol. The van der Waals surface area contributed by atoms with Gasteiger partial charge >= 0.3 is 6.03 Å². The molecule has 1 aliphatic heterocycles. The Morgan fingerprint density at radius 2 is 1.43 bits per heavy atom. The smallest absolute Gasteiger partial charge is 0.318 e. The maximum atomic E-state index is 14.2. The Hall–Kier alpha value is -5.22. The standard InChI is InChI=1S/C41H47FN4O5/c1-28-11-9-12-29(2)39(28)51-27-38(48)45-35(24-31-15-7-4-8-16-31)37(47)26-34(23-30-13-5-3-6-14-30)44-40(49)36(46-22-10-21-43-41(46)50)25-32-17-19-33(42)20-18-32/h3-9,11-20,34-37,47H,10,21-27H2,1-2H3,(H,43,50)(H,44,49)(H,45,48)/t34-,35-,36-,37-/m0/s1. The quantitative estimate of drug-likeness (QED) is 0.131. The zero-order valence-electron chi connectivity index (χ0n) is 29.2. The van der Waals surface area contributed by atoms with Crippen LogP contribution in [0.1, 0.15) is 40.7 Å². The second-order valence-electron chi connectivity index (χ2n) is 13.2. The number of carbonyl (C=O) groups is 3. The number of nitrogens with one attached hydrogen (secondary N) is 3. The second kappa shape index (κ2) is 18.1. The van der Waals surface area contributed by atoms with E-state index < -0.39 is 24.2 Å². The summed E-state index contributed by atoms with van der Waals surface area (Å²) in [5.74, 6) is -0.496. The van der Waals surface area contributed by atoms with E-state index in [1.165, 1.54) is 17.0 Å². The second-order valence-corrected chi connectivity index (χ2v) is 13.2. The fourth-order valence-electron chi connectivity index (χ4n) is 6.54. The van der Waals surface area contributed by atoms with Gasteiger partial charge in [-0.2, -0.15) is 0 Å². The van der Waals surface area contributed by atoms with Crippen LogP contribution in [0.5, 0.6) is 5.75 Å². The van der Waals surface area contributed by atoms with E-state index in [0.717, 1.165) is 22.3 Å². The average Bonchev–Trinajstić information content (AvgIpc) is 3.12. The molecular weight excluding hydrogens is 647 g/mol. The van der Waals surface area contributed by atoms with E-state index >= 15 is 0 Å². The van der Waals surface area contributed by atoms with Crippen molar-refractivity contribution in [2.75, 3.05) is 19.7 Å². The molecular formula is C41H47FN4O5. The molecule has 0 radical (unpaired) electrons. The Labute approximate surface area is 299 Å². The number of benzene rings is 4. The van der Waals surface area contributed by atoms with Gasteiger partial charge < -0.3 is 30.7 Å². The van der Waals surface area contributed by atoms with Gasteiger partial charge in [0.1, 0.15) is 17.6 Å². The number of aliphatic hydroxyl groups excluding tert-OH is 1. The van der Waals surface area contributed by atoms with E-state index in [-0.39, 0.29) is 43.1 Å². The number of amides is 4. The minimum atomic E-state index is -1.06. The molecule has 0 spiro atoms. The van der Waals surface area contributed by atoms with Gasteiger partial charge in [-0.1, -0.05) is 91.0 Å². The normalized spacial score (nSPS) is 15.2. The number of hydrogen-bond acceptors (Lipinski definition) is 5. The molecule has 1 aliphatic rings. The van der Waals surface area contributed by atoms with Crippen LogP contribution in [0.15, 0.2) is 103 Å². The molecule has 4 aromatic carbocycles. The van der Waals surface area contributed by atoms with Crippen LogP contribution in [0, 0.1) is 19.7 Å². The van der Waals surface area contributed by atoms with E-state index in [2.05, 4.69) is 16.0 Å². The number of rotatable bonds is 16. The Bertz CT molecular complexity index is 1720. The number of halogens is 1. The van der Waals surface area contributed by atoms with Crippen molar-refractivity contribution >= 4 is 17.8 Å². The highest BCUT2D eigenvalue weighted by atomic mass is 19.1. The van der Waals surface area contributed by atoms with Gasteiger partial charge in [0.05, 0.1) is 12.1 Å². The van der Waals surface area contributed by atoms with Gasteiger partial charge in [-0.15, -0.1) is 0 Å². The Morgan fingerprint density at radius 1 is 0.824 bits per heavy atom. The lowest BCUT2D eigenvalue weighted by Crippen LogP contribution is -2.58. The molecule has 4 amide bonds. The number of carbonyl (C=O) groups excluding carboxylic acids is 3. The van der Waals surface area contributed by atoms with E-state index in [4.69, 9.17) is 4.74 Å². The van der Waals surface area contributed by atoms with Crippen LogP contribution in [0.4, 0.5) is 9.18 Å². The van der Waals surface area contributed by atoms with Crippen molar-refractivity contribution in [1.29, 1.82) is 0 Å². The number of aryl methyl sites for hydroxylation is 2. The summed E-state index contributed by atoms with van der Waals surface area (Å²) in [6.45, 7) is 4.53. The van der Waals surface area contributed by atoms with E-state index in [1.807, 2.05) is 92.7 Å². The Balaban J connectivity index is 1.36. The third-order valence-corrected chi connectivity index (χ3v) is 9.20. The highest BCUT2D eigenvalue weighted by molar-refractivity contribution is 5.88. The van der Waals surface area contributed by atoms with Gasteiger partial charge in [0, 0.05) is 25.6 Å². The van der Waals surface area contributed by atoms with Crippen molar-refractivity contribution in [1.82, 2.24) is 20.9 Å². The van der Waals surface area contributed by atoms with Crippen molar-refractivity contribution in [3.8, 4) is 5.75 Å². The molecule has 0 aromatic heterocycles. The third kappa shape index (κ3) is 10.9. The molecule has 1 saturated heterocycles. The summed E-state index contributed by atoms with van der Waals surface area (Å²) < 4.78 is 19.6. The SMILES string of the molecule is Cc1cccc(C)c1OCC(=O)N[C@@H](Cc1ccccc1)[C@@H](O)C[C@H](Cc1ccccc1)NC(=O)[C@H](Cc1ccc(F)cc1)N1CCCNC1=O. The zero-order chi connectivity index (χ0) is 36.2. The zero-order valence-corrected chi connectivity index (χ0v) is 29.2. The molecule has 4 aromatic rings. The van der Waals surface area contributed by atoms with Gasteiger partial charge in [0.15, 0.2) is 6.61 Å². The molecule has 0 aliphatic carbocycles. The van der Waals surface area contributed by atoms with Gasteiger partial charge in [0.25, 0.3) is 5.91 Å². The highest BCUT2D eigenvalue weighted by Crippen LogP contribution is 2.22. The first-order valence-electron chi connectivity index (χ1n) is 17.5. The van der Waals surface area contributed by atoms with Gasteiger partial charge in [-0.25, -0.2) is 9.18 Å². The third-order valence-electron chi connectivity index (χ3n) is 9.20. The minimum Gasteiger partial charge on any atom is -0.483 e. The van der Waals surface area contributed by atoms with Crippen LogP contribution < -0.4 is 20.7 Å². The topological polar surface area (TPSA) is 120 Å². The van der Waals surface area contributed by atoms with Crippen molar-refractivity contribution in [2.24, 2.45) is 0 Å². The molecule has 4 N–H and O–H groups in total. The fraction of sp³-hybridized carbons (Fsp3) is 0.341. The molecule has 0 bridgehead atoms. The molecule has 4 atom stereocenters. The maximum absolute atomic E-state index is 14.2. The molecule has 1 heterocycles. The first kappa shape index (κ1) is 37.0. The number of hydrogen-bond donors (Lipinski definition) is 4. The minimum absolute atomic E-state index is 0.117. The first-order valence-corrected chi connectivity index (χ1v) is 17.5. The molecule has 10 heteroatoms. The molecule has 9 nitrogen and oxygen atoms in total. The summed E-state index contributed by atoms with van der Waals surface area (Å²) in [5.41, 5.74) is 4.43. The van der Waals surface area contributed by atoms with Gasteiger partial charge in [0.2, 0.25) is 5.91 Å². The van der Waals surface area contributed by atoms with Crippen molar-refractivity contribution in [2.45, 2.75) is 70.2 Å². The predicted octanol–water partition coefficient (Wildman–Crippen LogP) is 5.05. The molecule has 268 valence electrons. The van der Waals surface area contributed by atoms with Crippen molar-refractivity contribution in [3.05, 3.63) is 137 Å². The molecule has 0 saturated carbocycles. The number of para-hydroxylation sites is 1. The van der Waals surface area contributed by atoms with Crippen molar-refractivity contribution in [3.63, 3.8) is 0 Å². The molecule has 51 heavy (non-hydrogen) atoms. The van der Waals surface area contributed by atoms with Gasteiger partial charge in [-0.3, -0.25) is 9.59 Å². The lowest BCUT2D eigenvalue weighted by molar-refractivity contribution is -0.127. The van der Waals surface area contributed by atoms with Crippen LogP contribution in [-0.2, 0) is 28.9 Å². The molecule has 5 rings (SSSR count). The van der Waals surface area contributed by atoms with E-state index in [0.29, 0.717) is 43.7 Å². The van der Waals surface area contributed by atoms with Crippen LogP contribution in [0.3, 0.4) is 0 Å². The Morgan fingerprint density at radius 3 is 2.06 bits per heavy atom. The number of nitrogens with zero attached hydrogens (tertiary/aromatic N) is 1. The summed E-state index contributed by atoms with van der Waals surface area (Å²) >= 11 is 0. The fourth-order valence-corrected chi connectivity index (χ4v) is 6.54. The first-order chi connectivity index (χ1) is 24.7. The highest BCUT2D eigenvalue weighted by Gasteiger charge is 2.34. The van der Waals surface area contributed by atoms with Crippen LogP contribution in [-0.4, -0.2) is 71.8 Å². The Kier molecular flexibility index (Phi) is 13.2. The van der Waals surface area contributed by atoms with Crippen LogP contribution >= 0.6 is 0 Å². The number of aliphatic hydroxyl groups is 1. The lowest BCUT2D eigenvalue weighted by Gasteiger charge is -2.35. The maximum Gasteiger partial charge on any atom is 0.318 e. The predicted molar refractivity (Wildman–Crippen MR) is 195 cm³/mol. The summed E-state index contributed by atoms with van der Waals surface area (Å²) in [6, 6.07) is 28.4. The largest absolute Gasteiger partial charge is 0.483 e. The molecule has 0 unspecified atom stereocenters. The monoisotopic (exact) mass is 694 g/mol. The summed E-state index contributed by atoms with van der Waals surface area (Å²) in [6.07, 6.45) is 0.681. The summed E-state index contributed by atoms with van der Waals surface area (Å²) in [5, 5.41) is 20.8. The van der Waals surface area contributed by atoms with Crippen LogP contribution in [0.25, 0.3) is 0 Å². The molecule has 1 fully saturated rings. The van der Waals surface area contributed by atoms with Crippen molar-refractivity contribution < 1.29 is 28.6 Å². The summed E-state index contributed by atoms with van der Waals surface area (Å²) in [7, 11) is 0.